The van der Waals surface area contributed by atoms with Gasteiger partial charge in [-0.05, 0) is 79.5 Å². The van der Waals surface area contributed by atoms with Crippen LogP contribution in [-0.2, 0) is 11.4 Å². The lowest BCUT2D eigenvalue weighted by Crippen LogP contribution is -2.32. The third-order valence-corrected chi connectivity index (χ3v) is 6.66. The summed E-state index contributed by atoms with van der Waals surface area (Å²) in [5, 5.41) is 8.73. The highest BCUT2D eigenvalue weighted by Crippen LogP contribution is 2.31. The lowest BCUT2D eigenvalue weighted by Gasteiger charge is -2.25. The molecular formula is C29H29ClFN5O2. The number of oxime groups is 1. The van der Waals surface area contributed by atoms with E-state index < -0.39 is 0 Å². The maximum atomic E-state index is 13.4. The van der Waals surface area contributed by atoms with Gasteiger partial charge in [0, 0.05) is 17.6 Å². The molecule has 0 saturated carbocycles. The molecule has 1 N–H and O–H groups in total. The first-order valence-corrected chi connectivity index (χ1v) is 13.1. The molecule has 0 unspecified atom stereocenters. The monoisotopic (exact) mass is 533 g/mol. The third-order valence-electron chi connectivity index (χ3n) is 6.36. The molecule has 4 aromatic rings. The zero-order chi connectivity index (χ0) is 26.2. The molecule has 5 rings (SSSR count). The lowest BCUT2D eigenvalue weighted by molar-refractivity contribution is 0.103. The van der Waals surface area contributed by atoms with Gasteiger partial charge in [0.25, 0.3) is 0 Å². The van der Waals surface area contributed by atoms with Gasteiger partial charge in [-0.25, -0.2) is 14.4 Å². The van der Waals surface area contributed by atoms with Gasteiger partial charge in [0.15, 0.2) is 0 Å². The topological polar surface area (TPSA) is 71.9 Å². The molecule has 1 aromatic heterocycles. The quantitative estimate of drug-likeness (QED) is 0.141. The van der Waals surface area contributed by atoms with Crippen molar-refractivity contribution in [2.24, 2.45) is 5.16 Å². The van der Waals surface area contributed by atoms with Gasteiger partial charge in [-0.3, -0.25) is 4.90 Å². The van der Waals surface area contributed by atoms with E-state index in [0.717, 1.165) is 47.4 Å². The van der Waals surface area contributed by atoms with Crippen LogP contribution in [0.3, 0.4) is 0 Å². The Bertz CT molecular complexity index is 1410. The predicted molar refractivity (Wildman–Crippen MR) is 149 cm³/mol. The molecule has 1 aliphatic heterocycles. The van der Waals surface area contributed by atoms with E-state index in [1.165, 1.54) is 37.7 Å². The van der Waals surface area contributed by atoms with Crippen molar-refractivity contribution >= 4 is 40.2 Å². The molecule has 0 amide bonds. The van der Waals surface area contributed by atoms with Gasteiger partial charge in [0.05, 0.1) is 16.8 Å². The van der Waals surface area contributed by atoms with Crippen LogP contribution < -0.4 is 10.1 Å². The molecule has 3 aromatic carbocycles. The number of nitrogens with one attached hydrogen (secondary N) is 1. The fraction of sp³-hybridized carbons (Fsp3) is 0.276. The SMILES string of the molecule is Fc1cccc(COc2ccc(Nc3ncnc4ccc(/C=N/OCCN5CCCCC5)cc34)cc2Cl)c1. The molecule has 9 heteroatoms. The van der Waals surface area contributed by atoms with Gasteiger partial charge in [0.1, 0.15) is 36.9 Å². The number of hydrogen-bond donors (Lipinski definition) is 1. The first kappa shape index (κ1) is 25.9. The smallest absolute Gasteiger partial charge is 0.141 e. The number of anilines is 2. The van der Waals surface area contributed by atoms with Crippen molar-refractivity contribution in [3.63, 3.8) is 0 Å². The van der Waals surface area contributed by atoms with Crippen molar-refractivity contribution in [2.45, 2.75) is 25.9 Å². The first-order chi connectivity index (χ1) is 18.6. The Hall–Kier alpha value is -3.75. The Kier molecular flexibility index (Phi) is 8.63. The minimum absolute atomic E-state index is 0.215. The summed E-state index contributed by atoms with van der Waals surface area (Å²) in [6.45, 7) is 3.97. The largest absolute Gasteiger partial charge is 0.487 e. The highest BCUT2D eigenvalue weighted by molar-refractivity contribution is 6.32. The maximum Gasteiger partial charge on any atom is 0.141 e. The van der Waals surface area contributed by atoms with Crippen molar-refractivity contribution < 1.29 is 14.0 Å². The fourth-order valence-corrected chi connectivity index (χ4v) is 4.61. The molecule has 2 heterocycles. The first-order valence-electron chi connectivity index (χ1n) is 12.7. The summed E-state index contributed by atoms with van der Waals surface area (Å²) in [5.41, 5.74) is 3.15. The van der Waals surface area contributed by atoms with E-state index in [1.54, 1.807) is 30.5 Å². The minimum Gasteiger partial charge on any atom is -0.487 e. The number of nitrogens with zero attached hydrogens (tertiary/aromatic N) is 4. The second kappa shape index (κ2) is 12.7. The van der Waals surface area contributed by atoms with Crippen molar-refractivity contribution in [1.29, 1.82) is 0 Å². The van der Waals surface area contributed by atoms with E-state index in [9.17, 15) is 4.39 Å². The molecule has 38 heavy (non-hydrogen) atoms. The Labute approximate surface area is 226 Å². The average Bonchev–Trinajstić information content (AvgIpc) is 2.93. The minimum atomic E-state index is -0.302. The lowest BCUT2D eigenvalue weighted by atomic mass is 10.1. The number of halogens is 2. The van der Waals surface area contributed by atoms with Crippen molar-refractivity contribution in [2.75, 3.05) is 31.6 Å². The van der Waals surface area contributed by atoms with E-state index in [-0.39, 0.29) is 12.4 Å². The zero-order valence-corrected chi connectivity index (χ0v) is 21.7. The normalized spacial score (nSPS) is 14.2. The van der Waals surface area contributed by atoms with Crippen LogP contribution in [0.5, 0.6) is 5.75 Å². The van der Waals surface area contributed by atoms with Crippen LogP contribution in [0.1, 0.15) is 30.4 Å². The van der Waals surface area contributed by atoms with Crippen LogP contribution in [0.15, 0.2) is 72.1 Å². The average molecular weight is 534 g/mol. The highest BCUT2D eigenvalue weighted by atomic mass is 35.5. The summed E-state index contributed by atoms with van der Waals surface area (Å²) < 4.78 is 19.2. The zero-order valence-electron chi connectivity index (χ0n) is 20.9. The Balaban J connectivity index is 1.22. The molecule has 0 radical (unpaired) electrons. The molecule has 0 bridgehead atoms. The van der Waals surface area contributed by atoms with Crippen molar-refractivity contribution in [3.05, 3.63) is 89.0 Å². The molecule has 0 spiro atoms. The second-order valence-electron chi connectivity index (χ2n) is 9.16. The van der Waals surface area contributed by atoms with Gasteiger partial charge in [-0.1, -0.05) is 41.4 Å². The van der Waals surface area contributed by atoms with Crippen LogP contribution in [0.4, 0.5) is 15.9 Å². The Morgan fingerprint density at radius 3 is 2.76 bits per heavy atom. The second-order valence-corrected chi connectivity index (χ2v) is 9.56. The van der Waals surface area contributed by atoms with E-state index in [2.05, 4.69) is 25.3 Å². The number of ether oxygens (including phenoxy) is 1. The van der Waals surface area contributed by atoms with Crippen molar-refractivity contribution in [3.8, 4) is 5.75 Å². The van der Waals surface area contributed by atoms with E-state index in [4.69, 9.17) is 21.2 Å². The third kappa shape index (κ3) is 6.96. The number of fused-ring (bicyclic) bond motifs is 1. The number of likely N-dealkylation sites (tertiary alicyclic amines) is 1. The highest BCUT2D eigenvalue weighted by Gasteiger charge is 2.10. The van der Waals surface area contributed by atoms with Gasteiger partial charge in [-0.15, -0.1) is 0 Å². The molecule has 0 aliphatic carbocycles. The Morgan fingerprint density at radius 1 is 1.03 bits per heavy atom. The maximum absolute atomic E-state index is 13.4. The van der Waals surface area contributed by atoms with Gasteiger partial charge < -0.3 is 14.9 Å². The van der Waals surface area contributed by atoms with Gasteiger partial charge >= 0.3 is 0 Å². The number of benzene rings is 3. The molecule has 196 valence electrons. The van der Waals surface area contributed by atoms with Gasteiger partial charge in [-0.2, -0.15) is 0 Å². The van der Waals surface area contributed by atoms with Crippen LogP contribution in [0.25, 0.3) is 10.9 Å². The van der Waals surface area contributed by atoms with Gasteiger partial charge in [0.2, 0.25) is 0 Å². The van der Waals surface area contributed by atoms with Crippen LogP contribution in [0, 0.1) is 5.82 Å². The molecule has 0 atom stereocenters. The van der Waals surface area contributed by atoms with Crippen LogP contribution >= 0.6 is 11.6 Å². The summed E-state index contributed by atoms with van der Waals surface area (Å²) in [7, 11) is 0. The number of piperidine rings is 1. The number of rotatable bonds is 10. The summed E-state index contributed by atoms with van der Waals surface area (Å²) >= 11 is 6.46. The number of aromatic nitrogens is 2. The fourth-order valence-electron chi connectivity index (χ4n) is 4.38. The molecule has 1 aliphatic rings. The summed E-state index contributed by atoms with van der Waals surface area (Å²) in [6, 6.07) is 17.5. The van der Waals surface area contributed by atoms with E-state index >= 15 is 0 Å². The van der Waals surface area contributed by atoms with E-state index in [1.807, 2.05) is 24.3 Å². The molecule has 1 fully saturated rings. The number of hydrogen-bond acceptors (Lipinski definition) is 7. The van der Waals surface area contributed by atoms with Crippen molar-refractivity contribution in [1.82, 2.24) is 14.9 Å². The summed E-state index contributed by atoms with van der Waals surface area (Å²) in [4.78, 5) is 16.7. The molecule has 7 nitrogen and oxygen atoms in total. The van der Waals surface area contributed by atoms with Crippen LogP contribution in [-0.4, -0.2) is 47.3 Å². The standard InChI is InChI=1S/C29H29ClFN5O2/c30-26-17-24(8-10-28(26)37-19-22-5-4-6-23(31)15-22)35-29-25-16-21(7-9-27(25)32-20-33-29)18-34-38-14-13-36-11-2-1-3-12-36/h4-10,15-18,20H,1-3,11-14,19H2,(H,32,33,35)/b34-18+. The Morgan fingerprint density at radius 2 is 1.92 bits per heavy atom. The molecular weight excluding hydrogens is 505 g/mol. The van der Waals surface area contributed by atoms with E-state index in [0.29, 0.717) is 23.2 Å². The predicted octanol–water partition coefficient (Wildman–Crippen LogP) is 6.58. The summed E-state index contributed by atoms with van der Waals surface area (Å²) in [5.74, 6) is 0.845. The molecule has 1 saturated heterocycles. The van der Waals surface area contributed by atoms with Crippen LogP contribution in [0.2, 0.25) is 5.02 Å². The summed E-state index contributed by atoms with van der Waals surface area (Å²) in [6.07, 6.45) is 7.07.